The molecular formula is C10H17NO2. The van der Waals surface area contributed by atoms with Gasteiger partial charge in [-0.1, -0.05) is 19.1 Å². The molecule has 74 valence electrons. The molecule has 0 spiro atoms. The van der Waals surface area contributed by atoms with Crippen LogP contribution >= 0.6 is 0 Å². The molecule has 1 aliphatic rings. The van der Waals surface area contributed by atoms with Gasteiger partial charge >= 0.3 is 5.97 Å². The van der Waals surface area contributed by atoms with Crippen LogP contribution in [0.4, 0.5) is 0 Å². The van der Waals surface area contributed by atoms with Crippen molar-refractivity contribution in [3.63, 3.8) is 0 Å². The van der Waals surface area contributed by atoms with Crippen molar-refractivity contribution >= 4 is 5.97 Å². The molecule has 0 amide bonds. The molecule has 0 aliphatic carbocycles. The molecule has 0 saturated carbocycles. The highest BCUT2D eigenvalue weighted by Crippen LogP contribution is 2.24. The smallest absolute Gasteiger partial charge is 0.306 e. The van der Waals surface area contributed by atoms with Crippen LogP contribution in [-0.2, 0) is 4.79 Å². The summed E-state index contributed by atoms with van der Waals surface area (Å²) in [4.78, 5) is 12.9. The van der Waals surface area contributed by atoms with Gasteiger partial charge in [0.2, 0.25) is 0 Å². The van der Waals surface area contributed by atoms with E-state index in [4.69, 9.17) is 5.11 Å². The van der Waals surface area contributed by atoms with E-state index in [1.165, 1.54) is 0 Å². The molecule has 0 radical (unpaired) electrons. The Morgan fingerprint density at radius 3 is 2.62 bits per heavy atom. The maximum absolute atomic E-state index is 10.6. The van der Waals surface area contributed by atoms with Crippen molar-refractivity contribution in [3.8, 4) is 0 Å². The number of carboxylic acid groups (broad SMARTS) is 1. The minimum Gasteiger partial charge on any atom is -0.481 e. The fourth-order valence-electron chi connectivity index (χ4n) is 1.64. The van der Waals surface area contributed by atoms with Crippen molar-refractivity contribution in [3.05, 3.63) is 12.2 Å². The topological polar surface area (TPSA) is 40.5 Å². The molecule has 0 aromatic heterocycles. The first-order valence-corrected chi connectivity index (χ1v) is 4.60. The zero-order valence-electron chi connectivity index (χ0n) is 8.29. The molecule has 0 aromatic carbocycles. The molecule has 0 aromatic rings. The second-order valence-corrected chi connectivity index (χ2v) is 4.04. The van der Waals surface area contributed by atoms with Gasteiger partial charge in [-0.25, -0.2) is 0 Å². The average molecular weight is 183 g/mol. The standard InChI is InChI=1S/C10H17NO2/c1-7(2)4-11-5-9(6-11)8(3)10(12)13/h8-9H,1,4-6H2,2-3H3,(H,12,13). The van der Waals surface area contributed by atoms with Crippen LogP contribution in [0, 0.1) is 11.8 Å². The van der Waals surface area contributed by atoms with E-state index >= 15 is 0 Å². The Balaban J connectivity index is 2.25. The largest absolute Gasteiger partial charge is 0.481 e. The van der Waals surface area contributed by atoms with E-state index in [-0.39, 0.29) is 5.92 Å². The number of carbonyl (C=O) groups is 1. The second kappa shape index (κ2) is 3.92. The van der Waals surface area contributed by atoms with E-state index in [0.717, 1.165) is 25.2 Å². The number of hydrogen-bond donors (Lipinski definition) is 1. The molecule has 3 heteroatoms. The number of rotatable bonds is 4. The van der Waals surface area contributed by atoms with Crippen LogP contribution in [0.3, 0.4) is 0 Å². The Kier molecular flexibility index (Phi) is 3.09. The Hall–Kier alpha value is -0.830. The van der Waals surface area contributed by atoms with Crippen LogP contribution in [0.5, 0.6) is 0 Å². The van der Waals surface area contributed by atoms with Crippen molar-refractivity contribution in [1.82, 2.24) is 4.90 Å². The van der Waals surface area contributed by atoms with E-state index in [1.807, 2.05) is 6.92 Å². The van der Waals surface area contributed by atoms with Gasteiger partial charge in [0, 0.05) is 19.6 Å². The molecular weight excluding hydrogens is 166 g/mol. The van der Waals surface area contributed by atoms with Gasteiger partial charge in [-0.2, -0.15) is 0 Å². The zero-order chi connectivity index (χ0) is 10.0. The second-order valence-electron chi connectivity index (χ2n) is 4.04. The molecule has 1 rings (SSSR count). The van der Waals surface area contributed by atoms with Crippen molar-refractivity contribution in [2.24, 2.45) is 11.8 Å². The minimum absolute atomic E-state index is 0.207. The lowest BCUT2D eigenvalue weighted by atomic mass is 9.87. The minimum atomic E-state index is -0.681. The first-order valence-electron chi connectivity index (χ1n) is 4.60. The number of hydrogen-bond acceptors (Lipinski definition) is 2. The summed E-state index contributed by atoms with van der Waals surface area (Å²) >= 11 is 0. The maximum Gasteiger partial charge on any atom is 0.306 e. The van der Waals surface area contributed by atoms with E-state index in [0.29, 0.717) is 5.92 Å². The highest BCUT2D eigenvalue weighted by atomic mass is 16.4. The summed E-state index contributed by atoms with van der Waals surface area (Å²) in [6.07, 6.45) is 0. The van der Waals surface area contributed by atoms with Gasteiger partial charge in [0.15, 0.2) is 0 Å². The van der Waals surface area contributed by atoms with Crippen LogP contribution in [0.2, 0.25) is 0 Å². The first kappa shape index (κ1) is 10.3. The zero-order valence-corrected chi connectivity index (χ0v) is 8.29. The molecule has 1 heterocycles. The number of aliphatic carboxylic acids is 1. The summed E-state index contributed by atoms with van der Waals surface area (Å²) in [7, 11) is 0. The van der Waals surface area contributed by atoms with Crippen molar-refractivity contribution in [1.29, 1.82) is 0 Å². The highest BCUT2D eigenvalue weighted by Gasteiger charge is 2.34. The van der Waals surface area contributed by atoms with Crippen molar-refractivity contribution in [2.45, 2.75) is 13.8 Å². The predicted molar refractivity (Wildman–Crippen MR) is 51.5 cm³/mol. The predicted octanol–water partition coefficient (Wildman–Crippen LogP) is 1.22. The highest BCUT2D eigenvalue weighted by molar-refractivity contribution is 5.70. The lowest BCUT2D eigenvalue weighted by molar-refractivity contribution is -0.145. The number of likely N-dealkylation sites (tertiary alicyclic amines) is 1. The molecule has 0 bridgehead atoms. The summed E-state index contributed by atoms with van der Waals surface area (Å²) in [5.41, 5.74) is 1.14. The molecule has 1 fully saturated rings. The third-order valence-electron chi connectivity index (χ3n) is 2.58. The fraction of sp³-hybridized carbons (Fsp3) is 0.700. The van der Waals surface area contributed by atoms with Gasteiger partial charge < -0.3 is 5.11 Å². The Bertz CT molecular complexity index is 219. The van der Waals surface area contributed by atoms with Crippen LogP contribution < -0.4 is 0 Å². The number of nitrogens with zero attached hydrogens (tertiary/aromatic N) is 1. The van der Waals surface area contributed by atoms with Gasteiger partial charge in [-0.3, -0.25) is 9.69 Å². The van der Waals surface area contributed by atoms with Gasteiger partial charge in [0.1, 0.15) is 0 Å². The first-order chi connectivity index (χ1) is 6.00. The van der Waals surface area contributed by atoms with Gasteiger partial charge in [0.05, 0.1) is 5.92 Å². The lowest BCUT2D eigenvalue weighted by Gasteiger charge is -2.41. The van der Waals surface area contributed by atoms with Gasteiger partial charge in [-0.15, -0.1) is 0 Å². The third kappa shape index (κ3) is 2.56. The van der Waals surface area contributed by atoms with Crippen molar-refractivity contribution in [2.75, 3.05) is 19.6 Å². The van der Waals surface area contributed by atoms with E-state index in [1.54, 1.807) is 6.92 Å². The van der Waals surface area contributed by atoms with E-state index < -0.39 is 5.97 Å². The van der Waals surface area contributed by atoms with E-state index in [2.05, 4.69) is 11.5 Å². The summed E-state index contributed by atoms with van der Waals surface area (Å²) in [6.45, 7) is 10.3. The Morgan fingerprint density at radius 1 is 1.69 bits per heavy atom. The third-order valence-corrected chi connectivity index (χ3v) is 2.58. The molecule has 13 heavy (non-hydrogen) atoms. The molecule has 1 aliphatic heterocycles. The lowest BCUT2D eigenvalue weighted by Crippen LogP contribution is -2.51. The van der Waals surface area contributed by atoms with Crippen LogP contribution in [0.1, 0.15) is 13.8 Å². The van der Waals surface area contributed by atoms with Crippen LogP contribution in [-0.4, -0.2) is 35.6 Å². The summed E-state index contributed by atoms with van der Waals surface area (Å²) in [6, 6.07) is 0. The quantitative estimate of drug-likeness (QED) is 0.666. The molecule has 1 atom stereocenters. The molecule has 1 N–H and O–H groups in total. The number of carboxylic acids is 1. The fourth-order valence-corrected chi connectivity index (χ4v) is 1.64. The summed E-state index contributed by atoms with van der Waals surface area (Å²) in [5.74, 6) is -0.557. The average Bonchev–Trinajstić information content (AvgIpc) is 1.94. The van der Waals surface area contributed by atoms with Gasteiger partial charge in [0.25, 0.3) is 0 Å². The monoisotopic (exact) mass is 183 g/mol. The Morgan fingerprint density at radius 2 is 2.23 bits per heavy atom. The van der Waals surface area contributed by atoms with E-state index in [9.17, 15) is 4.79 Å². The van der Waals surface area contributed by atoms with Gasteiger partial charge in [-0.05, 0) is 12.8 Å². The SMILES string of the molecule is C=C(C)CN1CC(C(C)C(=O)O)C1. The summed E-state index contributed by atoms with van der Waals surface area (Å²) < 4.78 is 0. The summed E-state index contributed by atoms with van der Waals surface area (Å²) in [5, 5.41) is 8.75. The van der Waals surface area contributed by atoms with Crippen LogP contribution in [0.25, 0.3) is 0 Å². The maximum atomic E-state index is 10.6. The molecule has 1 unspecified atom stereocenters. The molecule has 1 saturated heterocycles. The molecule has 3 nitrogen and oxygen atoms in total. The normalized spacial score (nSPS) is 20.8. The van der Waals surface area contributed by atoms with Crippen molar-refractivity contribution < 1.29 is 9.90 Å². The Labute approximate surface area is 79.0 Å². The van der Waals surface area contributed by atoms with Crippen LogP contribution in [0.15, 0.2) is 12.2 Å².